The van der Waals surface area contributed by atoms with Crippen molar-refractivity contribution in [1.82, 2.24) is 0 Å². The summed E-state index contributed by atoms with van der Waals surface area (Å²) in [4.78, 5) is 0. The normalized spacial score (nSPS) is 16.7. The van der Waals surface area contributed by atoms with E-state index in [2.05, 4.69) is 0 Å². The van der Waals surface area contributed by atoms with Crippen LogP contribution in [0.2, 0.25) is 0 Å². The molecule has 0 bridgehead atoms. The van der Waals surface area contributed by atoms with Crippen LogP contribution in [0.15, 0.2) is 0 Å². The van der Waals surface area contributed by atoms with Gasteiger partial charge in [-0.25, -0.2) is 0 Å². The summed E-state index contributed by atoms with van der Waals surface area (Å²) in [6.45, 7) is 0. The van der Waals surface area contributed by atoms with Crippen molar-refractivity contribution in [3.05, 3.63) is 0 Å². The molecular formula is C7F15Sb. The zero-order chi connectivity index (χ0) is 19.5. The molecule has 0 saturated carbocycles. The Bertz CT molecular complexity index is 400. The molecular weight excluding hydrogens is 491 g/mol. The van der Waals surface area contributed by atoms with Gasteiger partial charge >= 0.3 is 129 Å². The fourth-order valence-corrected chi connectivity index (χ4v) is 1.36. The Hall–Kier alpha value is -0.232. The second-order valence-electron chi connectivity index (χ2n) is 3.91. The van der Waals surface area contributed by atoms with Crippen LogP contribution >= 0.6 is 0 Å². The molecule has 0 heterocycles. The van der Waals surface area contributed by atoms with Gasteiger partial charge < -0.3 is 0 Å². The van der Waals surface area contributed by atoms with E-state index in [0.717, 1.165) is 0 Å². The topological polar surface area (TPSA) is 0 Å². The van der Waals surface area contributed by atoms with E-state index in [1.54, 1.807) is 0 Å². The van der Waals surface area contributed by atoms with E-state index in [-0.39, 0.29) is 0 Å². The van der Waals surface area contributed by atoms with Gasteiger partial charge in [-0.05, 0) is 0 Å². The van der Waals surface area contributed by atoms with Crippen molar-refractivity contribution in [2.75, 3.05) is 0 Å². The number of alkyl halides is 15. The third-order valence-electron chi connectivity index (χ3n) is 2.31. The molecule has 0 unspecified atom stereocenters. The van der Waals surface area contributed by atoms with E-state index >= 15 is 0 Å². The summed E-state index contributed by atoms with van der Waals surface area (Å²) in [5.41, 5.74) is 0. The average Bonchev–Trinajstić information content (AvgIpc) is 2.24. The molecule has 2 radical (unpaired) electrons. The Morgan fingerprint density at radius 3 is 0.783 bits per heavy atom. The van der Waals surface area contributed by atoms with Crippen LogP contribution in [-0.2, 0) is 0 Å². The molecule has 0 spiro atoms. The van der Waals surface area contributed by atoms with Crippen molar-refractivity contribution in [2.45, 2.75) is 39.7 Å². The molecule has 0 aromatic rings. The van der Waals surface area contributed by atoms with E-state index in [1.165, 1.54) is 0 Å². The first-order valence-corrected chi connectivity index (χ1v) is 5.83. The van der Waals surface area contributed by atoms with Gasteiger partial charge in [-0.15, -0.1) is 0 Å². The minimum atomic E-state index is -8.18. The van der Waals surface area contributed by atoms with Gasteiger partial charge in [0.05, 0.1) is 0 Å². The van der Waals surface area contributed by atoms with Crippen molar-refractivity contribution in [1.29, 1.82) is 0 Å². The molecule has 0 nitrogen and oxygen atoms in total. The number of hydrogen-bond donors (Lipinski definition) is 0. The standard InChI is InChI=1S/C7F15.Sb/c8-1(9)2(10,11)3(12,13)4(14,15)5(16,17)6(18,19)7(20,21)22;. The molecule has 0 aliphatic carbocycles. The van der Waals surface area contributed by atoms with Crippen LogP contribution in [0.5, 0.6) is 0 Å². The summed E-state index contributed by atoms with van der Waals surface area (Å²) in [5.74, 6) is -39.6. The van der Waals surface area contributed by atoms with Crippen LogP contribution in [-0.4, -0.2) is 62.7 Å². The average molecular weight is 491 g/mol. The summed E-state index contributed by atoms with van der Waals surface area (Å²) in [6, 6.07) is 0. The Labute approximate surface area is 129 Å². The summed E-state index contributed by atoms with van der Waals surface area (Å²) in [7, 11) is 0. The SMILES string of the molecule is FC(F)(F)C(F)(F)C(F)(F)C(F)(F)C(F)(F)C(F)(F)[C](F)(F)[Sb]. The summed E-state index contributed by atoms with van der Waals surface area (Å²) in [6.07, 6.45) is -7.57. The summed E-state index contributed by atoms with van der Waals surface area (Å²) < 4.78 is 179. The summed E-state index contributed by atoms with van der Waals surface area (Å²) in [5, 5.41) is 0. The molecule has 0 aliphatic rings. The molecule has 138 valence electrons. The van der Waals surface area contributed by atoms with Crippen molar-refractivity contribution in [3.63, 3.8) is 0 Å². The van der Waals surface area contributed by atoms with E-state index in [4.69, 9.17) is 0 Å². The quantitative estimate of drug-likeness (QED) is 0.394. The molecule has 0 aromatic heterocycles. The second kappa shape index (κ2) is 5.38. The predicted octanol–water partition coefficient (Wildman–Crippen LogP) is 4.49. The van der Waals surface area contributed by atoms with E-state index < -0.39 is 62.7 Å². The first-order valence-electron chi connectivity index (χ1n) is 4.56. The van der Waals surface area contributed by atoms with Gasteiger partial charge in [-0.2, -0.15) is 0 Å². The van der Waals surface area contributed by atoms with E-state index in [0.29, 0.717) is 0 Å². The zero-order valence-corrected chi connectivity index (χ0v) is 12.2. The van der Waals surface area contributed by atoms with Crippen LogP contribution in [0.4, 0.5) is 65.9 Å². The monoisotopic (exact) mass is 490 g/mol. The predicted molar refractivity (Wildman–Crippen MR) is 41.5 cm³/mol. The third-order valence-corrected chi connectivity index (χ3v) is 3.11. The zero-order valence-electron chi connectivity index (χ0n) is 9.62. The summed E-state index contributed by atoms with van der Waals surface area (Å²) >= 11 is -1.58. The molecule has 23 heavy (non-hydrogen) atoms. The van der Waals surface area contributed by atoms with Crippen molar-refractivity contribution in [2.24, 2.45) is 0 Å². The minimum absolute atomic E-state index is 1.58. The van der Waals surface area contributed by atoms with Gasteiger partial charge in [-0.3, -0.25) is 0 Å². The van der Waals surface area contributed by atoms with Gasteiger partial charge in [0.1, 0.15) is 0 Å². The van der Waals surface area contributed by atoms with Gasteiger partial charge in [-0.1, -0.05) is 0 Å². The molecule has 0 saturated heterocycles. The second-order valence-corrected chi connectivity index (χ2v) is 5.51. The number of hydrogen-bond acceptors (Lipinski definition) is 0. The molecule has 0 N–H and O–H groups in total. The Morgan fingerprint density at radius 2 is 0.565 bits per heavy atom. The van der Waals surface area contributed by atoms with Crippen LogP contribution in [0.25, 0.3) is 0 Å². The van der Waals surface area contributed by atoms with Crippen molar-refractivity contribution in [3.8, 4) is 0 Å². The Morgan fingerprint density at radius 1 is 0.348 bits per heavy atom. The Balaban J connectivity index is 6.37. The first kappa shape index (κ1) is 22.8. The molecule has 0 fully saturated rings. The molecule has 0 rings (SSSR count). The van der Waals surface area contributed by atoms with Crippen LogP contribution in [0.3, 0.4) is 0 Å². The van der Waals surface area contributed by atoms with Crippen molar-refractivity contribution < 1.29 is 65.9 Å². The van der Waals surface area contributed by atoms with Crippen LogP contribution < -0.4 is 0 Å². The van der Waals surface area contributed by atoms with Gasteiger partial charge in [0.15, 0.2) is 0 Å². The fraction of sp³-hybridized carbons (Fsp3) is 1.00. The van der Waals surface area contributed by atoms with E-state index in [1.807, 2.05) is 0 Å². The number of halogens is 15. The molecule has 0 aliphatic heterocycles. The maximum atomic E-state index is 12.7. The first-order chi connectivity index (χ1) is 9.50. The van der Waals surface area contributed by atoms with E-state index in [9.17, 15) is 65.9 Å². The van der Waals surface area contributed by atoms with Gasteiger partial charge in [0, 0.05) is 0 Å². The number of rotatable bonds is 5. The maximum absolute atomic E-state index is 12.7. The molecule has 0 aromatic carbocycles. The molecule has 16 heteroatoms. The molecule has 0 amide bonds. The van der Waals surface area contributed by atoms with Crippen LogP contribution in [0.1, 0.15) is 0 Å². The van der Waals surface area contributed by atoms with Crippen molar-refractivity contribution >= 4 is 23.0 Å². The van der Waals surface area contributed by atoms with Crippen LogP contribution in [0, 0.1) is 0 Å². The molecule has 0 atom stereocenters. The third kappa shape index (κ3) is 2.94. The van der Waals surface area contributed by atoms with Gasteiger partial charge in [0.2, 0.25) is 0 Å². The Kier molecular flexibility index (Phi) is 5.33. The van der Waals surface area contributed by atoms with Gasteiger partial charge in [0.25, 0.3) is 0 Å². The fourth-order valence-electron chi connectivity index (χ4n) is 0.958.